The third-order valence-corrected chi connectivity index (χ3v) is 3.32. The van der Waals surface area contributed by atoms with Crippen molar-refractivity contribution in [2.24, 2.45) is 0 Å². The fraction of sp³-hybridized carbons (Fsp3) is 0.533. The van der Waals surface area contributed by atoms with Gasteiger partial charge in [-0.3, -0.25) is 5.32 Å². The highest BCUT2D eigenvalue weighted by Crippen LogP contribution is 2.20. The number of aryl methyl sites for hydroxylation is 2. The summed E-state index contributed by atoms with van der Waals surface area (Å²) in [6.07, 6.45) is 3.15. The molecule has 1 atom stereocenters. The molecule has 1 aliphatic carbocycles. The molecule has 1 fully saturated rings. The van der Waals surface area contributed by atoms with E-state index in [0.717, 1.165) is 12.2 Å². The second-order valence-electron chi connectivity index (χ2n) is 5.01. The zero-order chi connectivity index (χ0) is 13.0. The van der Waals surface area contributed by atoms with Gasteiger partial charge >= 0.3 is 0 Å². The van der Waals surface area contributed by atoms with Crippen molar-refractivity contribution in [3.8, 4) is 11.8 Å². The van der Waals surface area contributed by atoms with Crippen LogP contribution in [0.1, 0.15) is 30.4 Å². The number of hydrogen-bond donors (Lipinski definition) is 1. The zero-order valence-electron chi connectivity index (χ0n) is 11.1. The van der Waals surface area contributed by atoms with E-state index < -0.39 is 0 Å². The van der Waals surface area contributed by atoms with Crippen LogP contribution in [0.25, 0.3) is 0 Å². The molecule has 0 saturated heterocycles. The van der Waals surface area contributed by atoms with Crippen molar-refractivity contribution in [1.29, 1.82) is 5.26 Å². The lowest BCUT2D eigenvalue weighted by Gasteiger charge is -2.12. The van der Waals surface area contributed by atoms with Crippen molar-refractivity contribution in [2.75, 3.05) is 6.61 Å². The normalized spacial score (nSPS) is 16.1. The molecular weight excluding hydrogens is 224 g/mol. The minimum atomic E-state index is -0.0796. The van der Waals surface area contributed by atoms with Crippen molar-refractivity contribution in [3.05, 3.63) is 29.3 Å². The minimum absolute atomic E-state index is 0.0796. The van der Waals surface area contributed by atoms with Crippen molar-refractivity contribution >= 4 is 0 Å². The monoisotopic (exact) mass is 244 g/mol. The molecule has 0 amide bonds. The zero-order valence-corrected chi connectivity index (χ0v) is 11.1. The van der Waals surface area contributed by atoms with Crippen LogP contribution in [0.5, 0.6) is 5.75 Å². The lowest BCUT2D eigenvalue weighted by molar-refractivity contribution is 0.297. The maximum absolute atomic E-state index is 9.01. The van der Waals surface area contributed by atoms with E-state index in [-0.39, 0.29) is 6.04 Å². The van der Waals surface area contributed by atoms with Gasteiger partial charge in [-0.25, -0.2) is 0 Å². The fourth-order valence-electron chi connectivity index (χ4n) is 1.82. The quantitative estimate of drug-likeness (QED) is 0.836. The van der Waals surface area contributed by atoms with Gasteiger partial charge in [-0.1, -0.05) is 6.07 Å². The van der Waals surface area contributed by atoms with Gasteiger partial charge in [0, 0.05) is 12.5 Å². The highest BCUT2D eigenvalue weighted by Gasteiger charge is 2.24. The topological polar surface area (TPSA) is 45.0 Å². The Labute approximate surface area is 109 Å². The third kappa shape index (κ3) is 3.75. The number of nitriles is 1. The molecular formula is C15H20N2O. The molecule has 0 heterocycles. The van der Waals surface area contributed by atoms with Gasteiger partial charge in [0.05, 0.1) is 18.7 Å². The van der Waals surface area contributed by atoms with Crippen LogP contribution in [0.4, 0.5) is 0 Å². The van der Waals surface area contributed by atoms with E-state index in [1.807, 2.05) is 12.1 Å². The van der Waals surface area contributed by atoms with E-state index >= 15 is 0 Å². The molecule has 0 aliphatic heterocycles. The molecule has 0 bridgehead atoms. The van der Waals surface area contributed by atoms with Crippen molar-refractivity contribution in [1.82, 2.24) is 5.32 Å². The largest absolute Gasteiger partial charge is 0.493 e. The van der Waals surface area contributed by atoms with Gasteiger partial charge < -0.3 is 4.74 Å². The summed E-state index contributed by atoms with van der Waals surface area (Å²) in [4.78, 5) is 0. The third-order valence-electron chi connectivity index (χ3n) is 3.32. The van der Waals surface area contributed by atoms with E-state index in [1.165, 1.54) is 24.0 Å². The maximum atomic E-state index is 9.01. The lowest BCUT2D eigenvalue weighted by Crippen LogP contribution is -2.31. The Morgan fingerprint density at radius 3 is 2.78 bits per heavy atom. The van der Waals surface area contributed by atoms with Crippen LogP contribution in [0.2, 0.25) is 0 Å². The number of nitrogens with one attached hydrogen (secondary N) is 1. The second-order valence-corrected chi connectivity index (χ2v) is 5.01. The standard InChI is InChI=1S/C15H20N2O/c1-11-3-6-15(9-12(11)2)18-8-7-14(10-16)17-13-4-5-13/h3,6,9,13-14,17H,4-5,7-8H2,1-2H3. The molecule has 0 radical (unpaired) electrons. The van der Waals surface area contributed by atoms with Crippen molar-refractivity contribution < 1.29 is 4.74 Å². The first-order chi connectivity index (χ1) is 8.69. The number of nitrogens with zero attached hydrogens (tertiary/aromatic N) is 1. The predicted molar refractivity (Wildman–Crippen MR) is 71.6 cm³/mol. The van der Waals surface area contributed by atoms with Gasteiger partial charge in [-0.05, 0) is 49.9 Å². The molecule has 0 aromatic heterocycles. The van der Waals surface area contributed by atoms with Crippen LogP contribution in [0, 0.1) is 25.2 Å². The summed E-state index contributed by atoms with van der Waals surface area (Å²) in [6, 6.07) is 8.87. The number of hydrogen-bond acceptors (Lipinski definition) is 3. The molecule has 2 rings (SSSR count). The van der Waals surface area contributed by atoms with Crippen LogP contribution in [-0.2, 0) is 0 Å². The predicted octanol–water partition coefficient (Wildman–Crippen LogP) is 2.72. The summed E-state index contributed by atoms with van der Waals surface area (Å²) in [7, 11) is 0. The molecule has 1 aliphatic rings. The Bertz CT molecular complexity index is 446. The maximum Gasteiger partial charge on any atom is 0.119 e. The smallest absolute Gasteiger partial charge is 0.119 e. The van der Waals surface area contributed by atoms with Crippen LogP contribution in [0.3, 0.4) is 0 Å². The summed E-state index contributed by atoms with van der Waals surface area (Å²) >= 11 is 0. The van der Waals surface area contributed by atoms with Crippen molar-refractivity contribution in [2.45, 2.75) is 45.2 Å². The Morgan fingerprint density at radius 1 is 1.39 bits per heavy atom. The average Bonchev–Trinajstić information content (AvgIpc) is 3.16. The van der Waals surface area contributed by atoms with E-state index in [4.69, 9.17) is 10.00 Å². The van der Waals surface area contributed by atoms with Crippen LogP contribution in [-0.4, -0.2) is 18.7 Å². The van der Waals surface area contributed by atoms with Crippen LogP contribution in [0.15, 0.2) is 18.2 Å². The van der Waals surface area contributed by atoms with Crippen LogP contribution >= 0.6 is 0 Å². The van der Waals surface area contributed by atoms with Crippen LogP contribution < -0.4 is 10.1 Å². The highest BCUT2D eigenvalue weighted by atomic mass is 16.5. The Morgan fingerprint density at radius 2 is 2.17 bits per heavy atom. The molecule has 96 valence electrons. The lowest BCUT2D eigenvalue weighted by atomic mass is 10.1. The van der Waals surface area contributed by atoms with Gasteiger partial charge in [0.1, 0.15) is 5.75 Å². The SMILES string of the molecule is Cc1ccc(OCCC(C#N)NC2CC2)cc1C. The Balaban J connectivity index is 1.76. The summed E-state index contributed by atoms with van der Waals surface area (Å²) < 4.78 is 5.69. The molecule has 1 saturated carbocycles. The Hall–Kier alpha value is -1.53. The molecule has 0 spiro atoms. The van der Waals surface area contributed by atoms with E-state index in [1.54, 1.807) is 0 Å². The second kappa shape index (κ2) is 5.88. The fourth-order valence-corrected chi connectivity index (χ4v) is 1.82. The molecule has 1 unspecified atom stereocenters. The molecule has 1 aromatic rings. The summed E-state index contributed by atoms with van der Waals surface area (Å²) in [6.45, 7) is 4.75. The number of ether oxygens (including phenoxy) is 1. The average molecular weight is 244 g/mol. The van der Waals surface area contributed by atoms with E-state index in [2.05, 4.69) is 31.3 Å². The van der Waals surface area contributed by atoms with Gasteiger partial charge in [-0.15, -0.1) is 0 Å². The van der Waals surface area contributed by atoms with Crippen molar-refractivity contribution in [3.63, 3.8) is 0 Å². The molecule has 1 aromatic carbocycles. The van der Waals surface area contributed by atoms with E-state index in [9.17, 15) is 0 Å². The molecule has 3 heteroatoms. The Kier molecular flexibility index (Phi) is 4.22. The van der Waals surface area contributed by atoms with Gasteiger partial charge in [-0.2, -0.15) is 5.26 Å². The molecule has 18 heavy (non-hydrogen) atoms. The highest BCUT2D eigenvalue weighted by molar-refractivity contribution is 5.33. The van der Waals surface area contributed by atoms with Gasteiger partial charge in [0.2, 0.25) is 0 Å². The molecule has 3 nitrogen and oxygen atoms in total. The van der Waals surface area contributed by atoms with Gasteiger partial charge in [0.15, 0.2) is 0 Å². The summed E-state index contributed by atoms with van der Waals surface area (Å²) in [5.41, 5.74) is 2.51. The summed E-state index contributed by atoms with van der Waals surface area (Å²) in [5, 5.41) is 12.3. The van der Waals surface area contributed by atoms with Gasteiger partial charge in [0.25, 0.3) is 0 Å². The first kappa shape index (κ1) is 12.9. The first-order valence-electron chi connectivity index (χ1n) is 6.55. The number of benzene rings is 1. The minimum Gasteiger partial charge on any atom is -0.493 e. The molecule has 1 N–H and O–H groups in total. The summed E-state index contributed by atoms with van der Waals surface area (Å²) in [5.74, 6) is 0.890. The van der Waals surface area contributed by atoms with E-state index in [0.29, 0.717) is 12.6 Å². The number of rotatable bonds is 6. The first-order valence-corrected chi connectivity index (χ1v) is 6.55.